The first-order valence-corrected chi connectivity index (χ1v) is 6.69. The van der Waals surface area contributed by atoms with Gasteiger partial charge in [0.2, 0.25) is 5.79 Å². The maximum Gasteiger partial charge on any atom is 0.336 e. The molecule has 0 aromatic heterocycles. The number of ether oxygens (including phenoxy) is 1. The lowest BCUT2D eigenvalue weighted by Crippen LogP contribution is -2.48. The molecule has 0 aromatic rings. The summed E-state index contributed by atoms with van der Waals surface area (Å²) in [4.78, 5) is 11.7. The average molecular weight is 248 g/mol. The van der Waals surface area contributed by atoms with E-state index in [0.29, 0.717) is 17.9 Å². The molecule has 1 heterocycles. The summed E-state index contributed by atoms with van der Waals surface area (Å²) in [6.07, 6.45) is 4.50. The van der Waals surface area contributed by atoms with E-state index in [-0.39, 0.29) is 11.4 Å². The zero-order valence-electron chi connectivity index (χ0n) is 11.1. The Labute approximate surface area is 108 Å². The predicted molar refractivity (Wildman–Crippen MR) is 67.6 cm³/mol. The Kier molecular flexibility index (Phi) is 2.31. The quantitative estimate of drug-likeness (QED) is 0.529. The van der Waals surface area contributed by atoms with Crippen LogP contribution in [0.4, 0.5) is 0 Å². The third-order valence-corrected chi connectivity index (χ3v) is 5.12. The molecule has 3 nitrogen and oxygen atoms in total. The van der Waals surface area contributed by atoms with Crippen molar-refractivity contribution in [1.82, 2.24) is 0 Å². The van der Waals surface area contributed by atoms with E-state index in [4.69, 9.17) is 4.74 Å². The number of carbonyl (C=O) groups is 1. The Morgan fingerprint density at radius 3 is 2.94 bits per heavy atom. The van der Waals surface area contributed by atoms with E-state index in [9.17, 15) is 9.90 Å². The molecule has 2 saturated carbocycles. The van der Waals surface area contributed by atoms with Crippen LogP contribution in [0.3, 0.4) is 0 Å². The largest absolute Gasteiger partial charge is 0.426 e. The number of esters is 1. The summed E-state index contributed by atoms with van der Waals surface area (Å²) in [5.74, 6) is -1.32. The van der Waals surface area contributed by atoms with E-state index in [1.54, 1.807) is 6.92 Å². The maximum atomic E-state index is 11.7. The minimum Gasteiger partial charge on any atom is -0.426 e. The van der Waals surface area contributed by atoms with E-state index in [2.05, 4.69) is 13.5 Å². The fourth-order valence-corrected chi connectivity index (χ4v) is 4.08. The number of fused-ring (bicyclic) bond motifs is 2. The van der Waals surface area contributed by atoms with Gasteiger partial charge >= 0.3 is 5.97 Å². The van der Waals surface area contributed by atoms with Gasteiger partial charge in [0.1, 0.15) is 0 Å². The fourth-order valence-electron chi connectivity index (χ4n) is 4.08. The first-order valence-electron chi connectivity index (χ1n) is 6.69. The number of carbonyl (C=O) groups excluding carboxylic acids is 1. The molecule has 3 atom stereocenters. The number of rotatable bonds is 0. The van der Waals surface area contributed by atoms with Gasteiger partial charge in [0.15, 0.2) is 0 Å². The summed E-state index contributed by atoms with van der Waals surface area (Å²) >= 11 is 0. The standard InChI is InChI=1S/C15H20O3/c1-9-5-4-6-14(3)8-15(17)12(7-11(9)14)10(2)13(16)18-15/h11,17H,1,4-8H2,2-3H3/t11-,14+,15+/m1/s1. The number of hydrogen-bond donors (Lipinski definition) is 1. The summed E-state index contributed by atoms with van der Waals surface area (Å²) in [7, 11) is 0. The van der Waals surface area contributed by atoms with Gasteiger partial charge in [-0.2, -0.15) is 0 Å². The highest BCUT2D eigenvalue weighted by molar-refractivity contribution is 5.92. The molecular weight excluding hydrogens is 228 g/mol. The van der Waals surface area contributed by atoms with Crippen molar-refractivity contribution in [3.63, 3.8) is 0 Å². The van der Waals surface area contributed by atoms with E-state index >= 15 is 0 Å². The molecule has 0 saturated heterocycles. The minimum absolute atomic E-state index is 0.0124. The van der Waals surface area contributed by atoms with Crippen LogP contribution in [0, 0.1) is 11.3 Å². The van der Waals surface area contributed by atoms with Crippen molar-refractivity contribution in [2.45, 2.75) is 51.7 Å². The van der Waals surface area contributed by atoms with Crippen LogP contribution in [-0.2, 0) is 9.53 Å². The van der Waals surface area contributed by atoms with Crippen LogP contribution in [0.2, 0.25) is 0 Å². The molecular formula is C15H20O3. The Morgan fingerprint density at radius 2 is 2.22 bits per heavy atom. The van der Waals surface area contributed by atoms with Gasteiger partial charge in [-0.15, -0.1) is 0 Å². The van der Waals surface area contributed by atoms with Crippen LogP contribution < -0.4 is 0 Å². The molecule has 0 amide bonds. The van der Waals surface area contributed by atoms with Crippen LogP contribution in [0.5, 0.6) is 0 Å². The lowest BCUT2D eigenvalue weighted by atomic mass is 9.56. The van der Waals surface area contributed by atoms with Crippen LogP contribution in [-0.4, -0.2) is 16.9 Å². The monoisotopic (exact) mass is 248 g/mol. The Morgan fingerprint density at radius 1 is 1.50 bits per heavy atom. The maximum absolute atomic E-state index is 11.7. The molecule has 0 unspecified atom stereocenters. The van der Waals surface area contributed by atoms with E-state index < -0.39 is 5.79 Å². The Balaban J connectivity index is 2.04. The molecule has 0 spiro atoms. The van der Waals surface area contributed by atoms with Gasteiger partial charge in [-0.1, -0.05) is 19.1 Å². The van der Waals surface area contributed by atoms with Gasteiger partial charge in [-0.3, -0.25) is 0 Å². The second kappa shape index (κ2) is 3.47. The summed E-state index contributed by atoms with van der Waals surface area (Å²) in [5.41, 5.74) is 2.67. The SMILES string of the molecule is C=C1CCC[C@@]2(C)C[C@]3(O)OC(=O)C(C)=C3C[C@H]12. The van der Waals surface area contributed by atoms with Crippen molar-refractivity contribution in [1.29, 1.82) is 0 Å². The minimum atomic E-state index is -1.34. The molecule has 0 bridgehead atoms. The van der Waals surface area contributed by atoms with Crippen molar-refractivity contribution >= 4 is 5.97 Å². The molecule has 3 aliphatic rings. The van der Waals surface area contributed by atoms with Crippen LogP contribution in [0.25, 0.3) is 0 Å². The molecule has 0 aromatic carbocycles. The fraction of sp³-hybridized carbons (Fsp3) is 0.667. The lowest BCUT2D eigenvalue weighted by molar-refractivity contribution is -0.203. The number of hydrogen-bond acceptors (Lipinski definition) is 3. The molecule has 98 valence electrons. The average Bonchev–Trinajstić information content (AvgIpc) is 2.46. The molecule has 1 aliphatic heterocycles. The highest BCUT2D eigenvalue weighted by atomic mass is 16.7. The van der Waals surface area contributed by atoms with Crippen LogP contribution >= 0.6 is 0 Å². The third kappa shape index (κ3) is 1.43. The smallest absolute Gasteiger partial charge is 0.336 e. The first-order chi connectivity index (χ1) is 8.36. The van der Waals surface area contributed by atoms with Crippen molar-refractivity contribution in [2.75, 3.05) is 0 Å². The zero-order chi connectivity index (χ0) is 13.1. The summed E-state index contributed by atoms with van der Waals surface area (Å²) in [5, 5.41) is 10.6. The molecule has 2 aliphatic carbocycles. The van der Waals surface area contributed by atoms with Gasteiger partial charge in [0.25, 0.3) is 0 Å². The van der Waals surface area contributed by atoms with Gasteiger partial charge in [-0.25, -0.2) is 4.79 Å². The predicted octanol–water partition coefficient (Wildman–Crippen LogP) is 2.70. The summed E-state index contributed by atoms with van der Waals surface area (Å²) < 4.78 is 5.23. The highest BCUT2D eigenvalue weighted by Gasteiger charge is 2.56. The van der Waals surface area contributed by atoms with Crippen molar-refractivity contribution in [3.05, 3.63) is 23.3 Å². The second-order valence-electron chi connectivity index (χ2n) is 6.38. The molecule has 0 radical (unpaired) electrons. The Hall–Kier alpha value is -1.09. The zero-order valence-corrected chi connectivity index (χ0v) is 11.1. The molecule has 3 heteroatoms. The van der Waals surface area contributed by atoms with Crippen molar-refractivity contribution in [3.8, 4) is 0 Å². The van der Waals surface area contributed by atoms with Gasteiger partial charge < -0.3 is 9.84 Å². The van der Waals surface area contributed by atoms with Gasteiger partial charge in [-0.05, 0) is 43.9 Å². The topological polar surface area (TPSA) is 46.5 Å². The summed E-state index contributed by atoms with van der Waals surface area (Å²) in [6.45, 7) is 8.14. The van der Waals surface area contributed by atoms with Crippen LogP contribution in [0.1, 0.15) is 46.0 Å². The van der Waals surface area contributed by atoms with Crippen molar-refractivity contribution in [2.24, 2.45) is 11.3 Å². The summed E-state index contributed by atoms with van der Waals surface area (Å²) in [6, 6.07) is 0. The normalized spacial score (nSPS) is 43.6. The van der Waals surface area contributed by atoms with E-state index in [1.807, 2.05) is 0 Å². The highest BCUT2D eigenvalue weighted by Crippen LogP contribution is 2.58. The lowest BCUT2D eigenvalue weighted by Gasteiger charge is -2.50. The van der Waals surface area contributed by atoms with Gasteiger partial charge in [0.05, 0.1) is 0 Å². The van der Waals surface area contributed by atoms with Gasteiger partial charge in [0, 0.05) is 17.6 Å². The molecule has 18 heavy (non-hydrogen) atoms. The number of allylic oxidation sites excluding steroid dienone is 1. The molecule has 2 fully saturated rings. The first kappa shape index (κ1) is 12.0. The van der Waals surface area contributed by atoms with Crippen LogP contribution in [0.15, 0.2) is 23.3 Å². The van der Waals surface area contributed by atoms with E-state index in [0.717, 1.165) is 31.3 Å². The third-order valence-electron chi connectivity index (χ3n) is 5.12. The second-order valence-corrected chi connectivity index (χ2v) is 6.38. The molecule has 1 N–H and O–H groups in total. The number of aliphatic hydroxyl groups is 1. The Bertz CT molecular complexity index is 476. The van der Waals surface area contributed by atoms with Crippen molar-refractivity contribution < 1.29 is 14.6 Å². The van der Waals surface area contributed by atoms with E-state index in [1.165, 1.54) is 5.57 Å². The molecule has 3 rings (SSSR count).